The zero-order valence-electron chi connectivity index (χ0n) is 17.1. The van der Waals surface area contributed by atoms with Gasteiger partial charge >= 0.3 is 0 Å². The van der Waals surface area contributed by atoms with Crippen molar-refractivity contribution in [2.75, 3.05) is 7.05 Å². The van der Waals surface area contributed by atoms with Gasteiger partial charge in [0.15, 0.2) is 0 Å². The quantitative estimate of drug-likeness (QED) is 0.306. The summed E-state index contributed by atoms with van der Waals surface area (Å²) in [5.74, 6) is 0. The lowest BCUT2D eigenvalue weighted by Gasteiger charge is -2.14. The number of hydrogen-bond donors (Lipinski definition) is 0. The molecule has 0 bridgehead atoms. The molecule has 0 N–H and O–H groups in total. The number of hydrazone groups is 1. The lowest BCUT2D eigenvalue weighted by molar-refractivity contribution is 0.491. The fourth-order valence-corrected chi connectivity index (χ4v) is 4.55. The summed E-state index contributed by atoms with van der Waals surface area (Å²) < 4.78 is 29.1. The Hall–Kier alpha value is -4.11. The van der Waals surface area contributed by atoms with Crippen molar-refractivity contribution in [3.63, 3.8) is 0 Å². The van der Waals surface area contributed by atoms with Crippen molar-refractivity contribution in [1.82, 2.24) is 23.8 Å². The van der Waals surface area contributed by atoms with Gasteiger partial charge in [-0.1, -0.05) is 24.3 Å². The molecule has 0 fully saturated rings. The Morgan fingerprint density at radius 1 is 0.938 bits per heavy atom. The molecule has 4 aromatic heterocycles. The van der Waals surface area contributed by atoms with E-state index in [1.165, 1.54) is 19.3 Å². The van der Waals surface area contributed by atoms with Crippen molar-refractivity contribution in [2.45, 2.75) is 4.90 Å². The van der Waals surface area contributed by atoms with Crippen molar-refractivity contribution in [2.24, 2.45) is 5.10 Å². The summed E-state index contributed by atoms with van der Waals surface area (Å²) in [5, 5.41) is 4.94. The second-order valence-electron chi connectivity index (χ2n) is 7.09. The molecule has 0 aliphatic rings. The van der Waals surface area contributed by atoms with Crippen molar-refractivity contribution in [3.05, 3.63) is 91.3 Å². The molecule has 0 saturated heterocycles. The first kappa shape index (κ1) is 19.8. The van der Waals surface area contributed by atoms with E-state index in [1.54, 1.807) is 36.9 Å². The predicted molar refractivity (Wildman–Crippen MR) is 123 cm³/mol. The normalized spacial score (nSPS) is 12.0. The molecule has 0 atom stereocenters. The molecule has 5 aromatic rings. The monoisotopic (exact) mass is 442 g/mol. The van der Waals surface area contributed by atoms with Crippen LogP contribution in [0.3, 0.4) is 0 Å². The smallest absolute Gasteiger partial charge is 0.280 e. The third-order valence-corrected chi connectivity index (χ3v) is 6.78. The van der Waals surface area contributed by atoms with Crippen LogP contribution in [0.1, 0.15) is 5.69 Å². The first-order valence-corrected chi connectivity index (χ1v) is 11.2. The highest BCUT2D eigenvalue weighted by Gasteiger charge is 2.22. The van der Waals surface area contributed by atoms with Gasteiger partial charge in [-0.15, -0.1) is 0 Å². The van der Waals surface area contributed by atoms with Gasteiger partial charge in [-0.3, -0.25) is 14.4 Å². The van der Waals surface area contributed by atoms with Crippen molar-refractivity contribution in [1.29, 1.82) is 0 Å². The van der Waals surface area contributed by atoms with Crippen LogP contribution in [-0.2, 0) is 10.0 Å². The molecule has 0 aliphatic heterocycles. The van der Waals surface area contributed by atoms with Crippen LogP contribution in [0, 0.1) is 0 Å². The van der Waals surface area contributed by atoms with E-state index in [-0.39, 0.29) is 4.90 Å². The number of nitrogens with zero attached hydrogens (tertiary/aromatic N) is 6. The molecule has 9 heteroatoms. The highest BCUT2D eigenvalue weighted by Crippen LogP contribution is 2.24. The minimum Gasteiger partial charge on any atom is -0.298 e. The van der Waals surface area contributed by atoms with Crippen LogP contribution < -0.4 is 0 Å². The minimum atomic E-state index is -3.89. The maximum Gasteiger partial charge on any atom is 0.280 e. The van der Waals surface area contributed by atoms with Crippen molar-refractivity contribution in [3.8, 4) is 11.1 Å². The van der Waals surface area contributed by atoms with Gasteiger partial charge < -0.3 is 0 Å². The summed E-state index contributed by atoms with van der Waals surface area (Å²) in [6.07, 6.45) is 10.1. The van der Waals surface area contributed by atoms with Crippen LogP contribution in [-0.4, -0.2) is 45.4 Å². The fraction of sp³-hybridized carbons (Fsp3) is 0.0435. The standard InChI is InChI=1S/C23H18N6O2S/c1-28(32(30,31)21-8-2-5-17-6-4-12-25-23(17)21)27-15-20-14-26-22-10-9-19(16-29(20)22)18-7-3-11-24-13-18/h2-16H,1H3/b27-15+. The van der Waals surface area contributed by atoms with E-state index in [0.29, 0.717) is 11.2 Å². The molecule has 0 unspecified atom stereocenters. The molecular weight excluding hydrogens is 424 g/mol. The maximum atomic E-state index is 13.2. The van der Waals surface area contributed by atoms with Gasteiger partial charge in [0, 0.05) is 48.3 Å². The van der Waals surface area contributed by atoms with E-state index in [2.05, 4.69) is 20.1 Å². The van der Waals surface area contributed by atoms with E-state index >= 15 is 0 Å². The summed E-state index contributed by atoms with van der Waals surface area (Å²) in [7, 11) is -2.49. The molecule has 0 spiro atoms. The molecular formula is C23H18N6O2S. The number of aromatic nitrogens is 4. The van der Waals surface area contributed by atoms with E-state index < -0.39 is 10.0 Å². The number of para-hydroxylation sites is 1. The Bertz CT molecular complexity index is 1560. The molecule has 32 heavy (non-hydrogen) atoms. The number of pyridine rings is 3. The fourth-order valence-electron chi connectivity index (χ4n) is 3.43. The van der Waals surface area contributed by atoms with Gasteiger partial charge in [-0.05, 0) is 30.3 Å². The lowest BCUT2D eigenvalue weighted by Crippen LogP contribution is -2.22. The van der Waals surface area contributed by atoms with E-state index in [0.717, 1.165) is 26.6 Å². The summed E-state index contributed by atoms with van der Waals surface area (Å²) in [4.78, 5) is 12.9. The molecule has 1 aromatic carbocycles. The number of rotatable bonds is 5. The zero-order valence-corrected chi connectivity index (χ0v) is 17.9. The van der Waals surface area contributed by atoms with Gasteiger partial charge in [0.05, 0.1) is 23.6 Å². The van der Waals surface area contributed by atoms with Gasteiger partial charge in [-0.25, -0.2) is 4.98 Å². The number of benzene rings is 1. The third-order valence-electron chi connectivity index (χ3n) is 5.10. The summed E-state index contributed by atoms with van der Waals surface area (Å²) in [5.41, 5.74) is 3.70. The molecule has 0 aliphatic carbocycles. The van der Waals surface area contributed by atoms with Gasteiger partial charge in [-0.2, -0.15) is 17.9 Å². The highest BCUT2D eigenvalue weighted by molar-refractivity contribution is 7.89. The van der Waals surface area contributed by atoms with E-state index in [9.17, 15) is 8.42 Å². The minimum absolute atomic E-state index is 0.104. The van der Waals surface area contributed by atoms with Crippen LogP contribution in [0.4, 0.5) is 0 Å². The number of sulfonamides is 1. The Morgan fingerprint density at radius 2 is 1.78 bits per heavy atom. The summed E-state index contributed by atoms with van der Waals surface area (Å²) >= 11 is 0. The zero-order chi connectivity index (χ0) is 22.1. The number of imidazole rings is 1. The first-order valence-electron chi connectivity index (χ1n) is 9.78. The largest absolute Gasteiger partial charge is 0.298 e. The topological polar surface area (TPSA) is 92.8 Å². The van der Waals surface area contributed by atoms with Crippen LogP contribution in [0.15, 0.2) is 95.6 Å². The number of hydrogen-bond acceptors (Lipinski definition) is 6. The Balaban J connectivity index is 1.49. The second kappa shape index (κ2) is 7.86. The van der Waals surface area contributed by atoms with Gasteiger partial charge in [0.2, 0.25) is 0 Å². The number of fused-ring (bicyclic) bond motifs is 2. The molecule has 158 valence electrons. The molecule has 0 radical (unpaired) electrons. The van der Waals surface area contributed by atoms with Crippen LogP contribution >= 0.6 is 0 Å². The van der Waals surface area contributed by atoms with Crippen molar-refractivity contribution < 1.29 is 8.42 Å². The first-order chi connectivity index (χ1) is 15.5. The van der Waals surface area contributed by atoms with E-state index in [1.807, 2.05) is 47.0 Å². The van der Waals surface area contributed by atoms with Crippen LogP contribution in [0.25, 0.3) is 27.7 Å². The van der Waals surface area contributed by atoms with Crippen LogP contribution in [0.2, 0.25) is 0 Å². The highest BCUT2D eigenvalue weighted by atomic mass is 32.2. The molecule has 0 saturated carbocycles. The molecule has 4 heterocycles. The van der Waals surface area contributed by atoms with Gasteiger partial charge in [0.1, 0.15) is 10.5 Å². The maximum absolute atomic E-state index is 13.2. The van der Waals surface area contributed by atoms with Crippen molar-refractivity contribution >= 4 is 32.8 Å². The van der Waals surface area contributed by atoms with E-state index in [4.69, 9.17) is 0 Å². The lowest BCUT2D eigenvalue weighted by atomic mass is 10.1. The third kappa shape index (κ3) is 3.48. The predicted octanol–water partition coefficient (Wildman–Crippen LogP) is 3.60. The summed E-state index contributed by atoms with van der Waals surface area (Å²) in [6, 6.07) is 16.3. The Morgan fingerprint density at radius 3 is 2.62 bits per heavy atom. The Kier molecular flexibility index (Phi) is 4.87. The summed E-state index contributed by atoms with van der Waals surface area (Å²) in [6.45, 7) is 0. The molecule has 5 rings (SSSR count). The average Bonchev–Trinajstić information content (AvgIpc) is 3.24. The SMILES string of the molecule is CN(/N=C/c1cnc2ccc(-c3cccnc3)cn12)S(=O)(=O)c1cccc2cccnc12. The van der Waals surface area contributed by atoms with Crippen LogP contribution in [0.5, 0.6) is 0 Å². The molecule has 8 nitrogen and oxygen atoms in total. The second-order valence-corrected chi connectivity index (χ2v) is 9.00. The molecule has 0 amide bonds. The van der Waals surface area contributed by atoms with Gasteiger partial charge in [0.25, 0.3) is 10.0 Å². The Labute approximate surface area is 184 Å². The average molecular weight is 443 g/mol.